The fraction of sp³-hybridized carbons (Fsp3) is 0.217. The number of thiophene rings is 1. The number of piperazine rings is 1. The molecule has 1 aliphatic heterocycles. The summed E-state index contributed by atoms with van der Waals surface area (Å²) < 4.78 is 28.3. The van der Waals surface area contributed by atoms with Gasteiger partial charge in [0.15, 0.2) is 5.78 Å². The van der Waals surface area contributed by atoms with Crippen molar-refractivity contribution in [2.75, 3.05) is 26.2 Å². The van der Waals surface area contributed by atoms with Crippen LogP contribution in [-0.2, 0) is 14.8 Å². The van der Waals surface area contributed by atoms with Gasteiger partial charge in [0.05, 0.1) is 9.92 Å². The molecule has 0 saturated carbocycles. The number of carbonyl (C=O) groups excluding carboxylic acids is 2. The first-order valence-corrected chi connectivity index (χ1v) is 12.7. The molecule has 0 bridgehead atoms. The van der Waals surface area contributed by atoms with Crippen LogP contribution < -0.4 is 0 Å². The van der Waals surface area contributed by atoms with Crippen LogP contribution in [0.25, 0.3) is 16.2 Å². The topological polar surface area (TPSA) is 74.8 Å². The molecule has 1 amide bonds. The van der Waals surface area contributed by atoms with Gasteiger partial charge in [0.2, 0.25) is 15.9 Å². The molecule has 1 aromatic heterocycles. The highest BCUT2D eigenvalue weighted by Crippen LogP contribution is 2.36. The second-order valence-electron chi connectivity index (χ2n) is 7.42. The van der Waals surface area contributed by atoms with Crippen LogP contribution in [0, 0.1) is 0 Å². The summed E-state index contributed by atoms with van der Waals surface area (Å²) in [6, 6.07) is 13.8. The molecule has 2 aromatic carbocycles. The Hall–Kier alpha value is -2.52. The van der Waals surface area contributed by atoms with Gasteiger partial charge in [-0.25, -0.2) is 8.42 Å². The van der Waals surface area contributed by atoms with Crippen molar-refractivity contribution in [1.82, 2.24) is 9.21 Å². The number of fused-ring (bicyclic) bond motifs is 1. The minimum absolute atomic E-state index is 0.0873. The minimum Gasteiger partial charge on any atom is -0.337 e. The predicted molar refractivity (Wildman–Crippen MR) is 128 cm³/mol. The molecule has 32 heavy (non-hydrogen) atoms. The summed E-state index contributed by atoms with van der Waals surface area (Å²) in [5.41, 5.74) is 0.352. The lowest BCUT2D eigenvalue weighted by Crippen LogP contribution is -2.50. The summed E-state index contributed by atoms with van der Waals surface area (Å²) in [5, 5.41) is 1.58. The van der Waals surface area contributed by atoms with Crippen molar-refractivity contribution in [1.29, 1.82) is 0 Å². The molecule has 4 rings (SSSR count). The molecule has 6 nitrogen and oxygen atoms in total. The summed E-state index contributed by atoms with van der Waals surface area (Å²) in [6.45, 7) is 2.35. The van der Waals surface area contributed by atoms with Gasteiger partial charge in [-0.05, 0) is 31.2 Å². The Morgan fingerprint density at radius 1 is 1.03 bits per heavy atom. The number of sulfonamides is 1. The van der Waals surface area contributed by atoms with Crippen LogP contribution in [0.3, 0.4) is 0 Å². The molecule has 166 valence electrons. The maximum Gasteiger partial charge on any atom is 0.246 e. The molecule has 0 atom stereocenters. The molecule has 1 aliphatic rings. The van der Waals surface area contributed by atoms with Crippen molar-refractivity contribution < 1.29 is 18.0 Å². The van der Waals surface area contributed by atoms with E-state index in [4.69, 9.17) is 11.6 Å². The molecular formula is C23H21ClN2O4S2. The molecule has 0 N–H and O–H groups in total. The average Bonchev–Trinajstić information content (AvgIpc) is 3.13. The predicted octanol–water partition coefficient (Wildman–Crippen LogP) is 4.30. The van der Waals surface area contributed by atoms with Crippen molar-refractivity contribution in [3.63, 3.8) is 0 Å². The number of Topliss-reactive ketones (excluding diaryl/α,β-unsaturated/α-hetero) is 1. The fourth-order valence-electron chi connectivity index (χ4n) is 3.57. The van der Waals surface area contributed by atoms with Crippen LogP contribution in [0.5, 0.6) is 0 Å². The third-order valence-electron chi connectivity index (χ3n) is 5.37. The summed E-state index contributed by atoms with van der Waals surface area (Å²) in [4.78, 5) is 26.7. The zero-order chi connectivity index (χ0) is 22.9. The van der Waals surface area contributed by atoms with Gasteiger partial charge in [0.1, 0.15) is 0 Å². The van der Waals surface area contributed by atoms with Gasteiger partial charge in [0.25, 0.3) is 0 Å². The molecular weight excluding hydrogens is 468 g/mol. The van der Waals surface area contributed by atoms with Gasteiger partial charge >= 0.3 is 0 Å². The zero-order valence-corrected chi connectivity index (χ0v) is 19.7. The smallest absolute Gasteiger partial charge is 0.246 e. The van der Waals surface area contributed by atoms with E-state index >= 15 is 0 Å². The van der Waals surface area contributed by atoms with Crippen LogP contribution in [0.2, 0.25) is 5.02 Å². The summed E-state index contributed by atoms with van der Waals surface area (Å²) >= 11 is 7.94. The van der Waals surface area contributed by atoms with Crippen LogP contribution in [0.15, 0.2) is 59.5 Å². The van der Waals surface area contributed by atoms with E-state index in [-0.39, 0.29) is 42.8 Å². The third-order valence-corrected chi connectivity index (χ3v) is 8.92. The number of hydrogen-bond acceptors (Lipinski definition) is 5. The number of ketones is 1. The van der Waals surface area contributed by atoms with Crippen molar-refractivity contribution in [2.45, 2.75) is 11.8 Å². The highest BCUT2D eigenvalue weighted by atomic mass is 35.5. The Morgan fingerprint density at radius 2 is 1.75 bits per heavy atom. The number of benzene rings is 2. The lowest BCUT2D eigenvalue weighted by molar-refractivity contribution is -0.127. The van der Waals surface area contributed by atoms with Gasteiger partial charge in [-0.3, -0.25) is 9.59 Å². The van der Waals surface area contributed by atoms with E-state index in [0.717, 1.165) is 15.0 Å². The number of nitrogens with zero attached hydrogens (tertiary/aromatic N) is 2. The van der Waals surface area contributed by atoms with E-state index in [1.807, 2.05) is 24.3 Å². The lowest BCUT2D eigenvalue weighted by Gasteiger charge is -2.33. The molecule has 9 heteroatoms. The summed E-state index contributed by atoms with van der Waals surface area (Å²) in [5.74, 6) is -0.378. The molecule has 1 saturated heterocycles. The average molecular weight is 489 g/mol. The van der Waals surface area contributed by atoms with E-state index in [2.05, 4.69) is 0 Å². The second-order valence-corrected chi connectivity index (χ2v) is 10.8. The first-order chi connectivity index (χ1) is 15.3. The Kier molecular flexibility index (Phi) is 6.48. The van der Waals surface area contributed by atoms with Crippen LogP contribution >= 0.6 is 22.9 Å². The maximum absolute atomic E-state index is 13.0. The van der Waals surface area contributed by atoms with E-state index in [1.54, 1.807) is 23.1 Å². The standard InChI is InChI=1S/C23H21ClN2O4S2/c1-16(27)17-5-4-6-18(15-17)32(29,30)26-13-11-25(12-14-26)22(28)10-9-21-23(24)19-7-2-3-8-20(19)31-21/h2-10,15H,11-14H2,1H3/b10-9+. The Labute approximate surface area is 195 Å². The number of carbonyl (C=O) groups is 2. The molecule has 0 aliphatic carbocycles. The van der Waals surface area contributed by atoms with E-state index in [0.29, 0.717) is 10.6 Å². The minimum atomic E-state index is -3.73. The van der Waals surface area contributed by atoms with Crippen LogP contribution in [0.1, 0.15) is 22.2 Å². The van der Waals surface area contributed by atoms with Gasteiger partial charge in [-0.1, -0.05) is 41.9 Å². The first kappa shape index (κ1) is 22.7. The SMILES string of the molecule is CC(=O)c1cccc(S(=O)(=O)N2CCN(C(=O)/C=C/c3sc4ccccc4c3Cl)CC2)c1. The number of halogens is 1. The van der Waals surface area contributed by atoms with Crippen LogP contribution in [0.4, 0.5) is 0 Å². The number of hydrogen-bond donors (Lipinski definition) is 0. The zero-order valence-electron chi connectivity index (χ0n) is 17.3. The maximum atomic E-state index is 13.0. The van der Waals surface area contributed by atoms with Gasteiger partial charge in [-0.2, -0.15) is 4.31 Å². The molecule has 0 unspecified atom stereocenters. The van der Waals surface area contributed by atoms with Crippen molar-refractivity contribution in [3.05, 3.63) is 70.1 Å². The van der Waals surface area contributed by atoms with E-state index in [1.165, 1.54) is 40.8 Å². The van der Waals surface area contributed by atoms with Crippen molar-refractivity contribution in [2.24, 2.45) is 0 Å². The Bertz CT molecular complexity index is 1320. The molecule has 2 heterocycles. The van der Waals surface area contributed by atoms with E-state index in [9.17, 15) is 18.0 Å². The highest BCUT2D eigenvalue weighted by Gasteiger charge is 2.30. The quantitative estimate of drug-likeness (QED) is 0.396. The lowest BCUT2D eigenvalue weighted by atomic mass is 10.2. The van der Waals surface area contributed by atoms with Crippen molar-refractivity contribution >= 4 is 60.8 Å². The third kappa shape index (κ3) is 4.49. The summed E-state index contributed by atoms with van der Waals surface area (Å²) in [7, 11) is -3.73. The van der Waals surface area contributed by atoms with Gasteiger partial charge in [-0.15, -0.1) is 11.3 Å². The molecule has 0 radical (unpaired) electrons. The summed E-state index contributed by atoms with van der Waals surface area (Å²) in [6.07, 6.45) is 3.20. The van der Waals surface area contributed by atoms with Gasteiger partial charge < -0.3 is 4.90 Å². The van der Waals surface area contributed by atoms with Gasteiger partial charge in [0, 0.05) is 52.8 Å². The largest absolute Gasteiger partial charge is 0.337 e. The number of rotatable bonds is 5. The molecule has 1 fully saturated rings. The van der Waals surface area contributed by atoms with Crippen molar-refractivity contribution in [3.8, 4) is 0 Å². The first-order valence-electron chi connectivity index (χ1n) is 10.0. The normalized spacial score (nSPS) is 15.5. The molecule has 3 aromatic rings. The Morgan fingerprint density at radius 3 is 2.44 bits per heavy atom. The van der Waals surface area contributed by atoms with Crippen LogP contribution in [-0.4, -0.2) is 55.5 Å². The molecule has 0 spiro atoms. The second kappa shape index (κ2) is 9.15. The highest BCUT2D eigenvalue weighted by molar-refractivity contribution is 7.89. The Balaban J connectivity index is 1.42. The monoisotopic (exact) mass is 488 g/mol. The number of amides is 1. The fourth-order valence-corrected chi connectivity index (χ4v) is 6.43. The van der Waals surface area contributed by atoms with E-state index < -0.39 is 10.0 Å².